The maximum absolute atomic E-state index is 14.0. The van der Waals surface area contributed by atoms with Crippen LogP contribution in [0.2, 0.25) is 0 Å². The zero-order valence-electron chi connectivity index (χ0n) is 20.2. The average molecular weight is 531 g/mol. The second-order valence-corrected chi connectivity index (χ2v) is 8.82. The summed E-state index contributed by atoms with van der Waals surface area (Å²) in [5, 5.41) is 3.83. The monoisotopic (exact) mass is 531 g/mol. The Morgan fingerprint density at radius 3 is 2.26 bits per heavy atom. The molecule has 0 radical (unpaired) electrons. The minimum atomic E-state index is -4.75. The Morgan fingerprint density at radius 2 is 1.66 bits per heavy atom. The van der Waals surface area contributed by atoms with Gasteiger partial charge < -0.3 is 9.64 Å². The van der Waals surface area contributed by atoms with Gasteiger partial charge in [0.1, 0.15) is 22.9 Å². The van der Waals surface area contributed by atoms with Crippen LogP contribution in [0.3, 0.4) is 0 Å². The fraction of sp³-hybridized carbons (Fsp3) is 0.269. The quantitative estimate of drug-likeness (QED) is 0.351. The van der Waals surface area contributed by atoms with Crippen LogP contribution < -0.4 is 4.74 Å². The molecule has 0 aliphatic carbocycles. The van der Waals surface area contributed by atoms with Gasteiger partial charge in [-0.05, 0) is 42.5 Å². The molecule has 0 unspecified atom stereocenters. The van der Waals surface area contributed by atoms with Crippen LogP contribution >= 0.6 is 0 Å². The van der Waals surface area contributed by atoms with Gasteiger partial charge in [0.25, 0.3) is 5.91 Å². The first kappa shape index (κ1) is 25.6. The number of ether oxygens (including phenoxy) is 1. The molecule has 4 aromatic rings. The molecule has 0 saturated carbocycles. The molecule has 198 valence electrons. The van der Waals surface area contributed by atoms with E-state index in [1.807, 2.05) is 4.90 Å². The fourth-order valence-electron chi connectivity index (χ4n) is 4.41. The highest BCUT2D eigenvalue weighted by Gasteiger charge is 2.36. The second kappa shape index (κ2) is 10.0. The Hall–Kier alpha value is -4.06. The van der Waals surface area contributed by atoms with Crippen molar-refractivity contribution in [3.63, 3.8) is 0 Å². The number of halogens is 5. The van der Waals surface area contributed by atoms with Gasteiger partial charge in [-0.25, -0.2) is 18.3 Å². The number of carbonyl (C=O) groups is 1. The largest absolute Gasteiger partial charge is 0.497 e. The number of alkyl halides is 3. The summed E-state index contributed by atoms with van der Waals surface area (Å²) in [5.41, 5.74) is -0.967. The highest BCUT2D eigenvalue weighted by Crippen LogP contribution is 2.33. The number of hydrogen-bond acceptors (Lipinski definition) is 5. The van der Waals surface area contributed by atoms with E-state index in [1.54, 1.807) is 24.3 Å². The van der Waals surface area contributed by atoms with Crippen molar-refractivity contribution in [1.29, 1.82) is 0 Å². The molecule has 1 amide bonds. The predicted octanol–water partition coefficient (Wildman–Crippen LogP) is 4.66. The smallest absolute Gasteiger partial charge is 0.433 e. The molecule has 2 aromatic heterocycles. The van der Waals surface area contributed by atoms with E-state index in [0.29, 0.717) is 28.9 Å². The minimum absolute atomic E-state index is 0.0266. The number of piperazine rings is 1. The van der Waals surface area contributed by atoms with Crippen LogP contribution in [-0.2, 0) is 12.7 Å². The molecule has 1 aliphatic heterocycles. The van der Waals surface area contributed by atoms with Crippen LogP contribution in [0.15, 0.2) is 54.7 Å². The summed E-state index contributed by atoms with van der Waals surface area (Å²) < 4.78 is 75.5. The van der Waals surface area contributed by atoms with Gasteiger partial charge in [-0.2, -0.15) is 18.3 Å². The fourth-order valence-corrected chi connectivity index (χ4v) is 4.41. The highest BCUT2D eigenvalue weighted by atomic mass is 19.4. The lowest BCUT2D eigenvalue weighted by molar-refractivity contribution is -0.142. The van der Waals surface area contributed by atoms with E-state index >= 15 is 0 Å². The number of nitrogens with zero attached hydrogens (tertiary/aromatic N) is 5. The van der Waals surface area contributed by atoms with Crippen LogP contribution in [0.5, 0.6) is 5.75 Å². The summed E-state index contributed by atoms with van der Waals surface area (Å²) in [7, 11) is 1.48. The molecule has 1 saturated heterocycles. The zero-order valence-corrected chi connectivity index (χ0v) is 20.2. The van der Waals surface area contributed by atoms with E-state index in [0.717, 1.165) is 12.3 Å². The van der Waals surface area contributed by atoms with Gasteiger partial charge in [0.2, 0.25) is 0 Å². The summed E-state index contributed by atoms with van der Waals surface area (Å²) in [6, 6.07) is 10.9. The van der Waals surface area contributed by atoms with E-state index in [-0.39, 0.29) is 42.1 Å². The van der Waals surface area contributed by atoms with E-state index < -0.39 is 29.4 Å². The normalized spacial score (nSPS) is 14.7. The molecule has 38 heavy (non-hydrogen) atoms. The number of benzene rings is 2. The van der Waals surface area contributed by atoms with Crippen molar-refractivity contribution < 1.29 is 31.5 Å². The number of carbonyl (C=O) groups excluding carboxylic acids is 1. The Kier molecular flexibility index (Phi) is 6.74. The van der Waals surface area contributed by atoms with Crippen molar-refractivity contribution in [3.05, 3.63) is 83.2 Å². The van der Waals surface area contributed by atoms with Crippen molar-refractivity contribution in [2.45, 2.75) is 12.7 Å². The van der Waals surface area contributed by atoms with Gasteiger partial charge in [-0.15, -0.1) is 0 Å². The topological polar surface area (TPSA) is 63.0 Å². The van der Waals surface area contributed by atoms with E-state index in [1.165, 1.54) is 30.2 Å². The highest BCUT2D eigenvalue weighted by molar-refractivity contribution is 6.00. The van der Waals surface area contributed by atoms with Gasteiger partial charge in [0.05, 0.1) is 19.0 Å². The molecule has 1 aliphatic rings. The Morgan fingerprint density at radius 1 is 1.00 bits per heavy atom. The number of rotatable bonds is 5. The van der Waals surface area contributed by atoms with Crippen LogP contribution in [0.1, 0.15) is 21.6 Å². The molecular weight excluding hydrogens is 509 g/mol. The third-order valence-corrected chi connectivity index (χ3v) is 6.48. The first-order chi connectivity index (χ1) is 18.2. The Bertz CT molecular complexity index is 1460. The predicted molar refractivity (Wildman–Crippen MR) is 128 cm³/mol. The van der Waals surface area contributed by atoms with Crippen LogP contribution in [-0.4, -0.2) is 63.6 Å². The van der Waals surface area contributed by atoms with Crippen molar-refractivity contribution >= 4 is 11.6 Å². The van der Waals surface area contributed by atoms with Gasteiger partial charge in [-0.3, -0.25) is 9.69 Å². The third-order valence-electron chi connectivity index (χ3n) is 6.48. The molecular formula is C26H22F5N5O2. The lowest BCUT2D eigenvalue weighted by Crippen LogP contribution is -2.48. The molecule has 0 atom stereocenters. The second-order valence-electron chi connectivity index (χ2n) is 8.82. The van der Waals surface area contributed by atoms with Crippen molar-refractivity contribution in [3.8, 4) is 17.0 Å². The first-order valence-corrected chi connectivity index (χ1v) is 11.7. The molecule has 7 nitrogen and oxygen atoms in total. The van der Waals surface area contributed by atoms with Crippen molar-refractivity contribution in [2.24, 2.45) is 0 Å². The Balaban J connectivity index is 1.41. The van der Waals surface area contributed by atoms with Gasteiger partial charge in [0, 0.05) is 43.9 Å². The molecule has 3 heterocycles. The van der Waals surface area contributed by atoms with Gasteiger partial charge >= 0.3 is 6.18 Å². The van der Waals surface area contributed by atoms with Crippen molar-refractivity contribution in [1.82, 2.24) is 24.4 Å². The molecule has 0 N–H and O–H groups in total. The minimum Gasteiger partial charge on any atom is -0.497 e. The van der Waals surface area contributed by atoms with E-state index in [4.69, 9.17) is 4.74 Å². The summed E-state index contributed by atoms with van der Waals surface area (Å²) in [6.45, 7) is 1.14. The first-order valence-electron chi connectivity index (χ1n) is 11.7. The van der Waals surface area contributed by atoms with Crippen LogP contribution in [0, 0.1) is 11.6 Å². The maximum atomic E-state index is 14.0. The Labute approximate surface area is 214 Å². The number of aromatic nitrogens is 3. The standard InChI is InChI=1S/C26H22F5N5O2/c1-38-17-7-5-16(6-8-17)22-13-23(26(29,30)31)36-24(33-22)18(14-32-36)25(37)35-11-9-34(10-12-35)15-19-20(27)3-2-4-21(19)28/h2-8,13-14H,9-12,15H2,1H3. The number of methoxy groups -OCH3 is 1. The molecule has 0 bridgehead atoms. The number of fused-ring (bicyclic) bond motifs is 1. The molecule has 0 spiro atoms. The average Bonchev–Trinajstić information content (AvgIpc) is 3.33. The van der Waals surface area contributed by atoms with E-state index in [2.05, 4.69) is 10.1 Å². The maximum Gasteiger partial charge on any atom is 0.433 e. The van der Waals surface area contributed by atoms with Crippen LogP contribution in [0.25, 0.3) is 16.9 Å². The summed E-state index contributed by atoms with van der Waals surface area (Å²) in [5.74, 6) is -1.28. The third kappa shape index (κ3) is 4.91. The molecule has 5 rings (SSSR count). The van der Waals surface area contributed by atoms with Gasteiger partial charge in [-0.1, -0.05) is 6.07 Å². The molecule has 12 heteroatoms. The molecule has 2 aromatic carbocycles. The zero-order chi connectivity index (χ0) is 27.0. The van der Waals surface area contributed by atoms with Crippen molar-refractivity contribution in [2.75, 3.05) is 33.3 Å². The number of hydrogen-bond donors (Lipinski definition) is 0. The van der Waals surface area contributed by atoms with E-state index in [9.17, 15) is 26.7 Å². The lowest BCUT2D eigenvalue weighted by Gasteiger charge is -2.34. The van der Waals surface area contributed by atoms with Gasteiger partial charge in [0.15, 0.2) is 11.3 Å². The lowest BCUT2D eigenvalue weighted by atomic mass is 10.1. The van der Waals surface area contributed by atoms with Crippen LogP contribution in [0.4, 0.5) is 22.0 Å². The summed E-state index contributed by atoms with van der Waals surface area (Å²) >= 11 is 0. The number of amides is 1. The summed E-state index contributed by atoms with van der Waals surface area (Å²) in [4.78, 5) is 21.0. The SMILES string of the molecule is COc1ccc(-c2cc(C(F)(F)F)n3ncc(C(=O)N4CCN(Cc5c(F)cccc5F)CC4)c3n2)cc1. The molecule has 1 fully saturated rings. The summed E-state index contributed by atoms with van der Waals surface area (Å²) in [6.07, 6.45) is -3.67.